The number of benzene rings is 3. The van der Waals surface area contributed by atoms with Crippen molar-refractivity contribution in [2.45, 2.75) is 26.7 Å². The molecule has 0 fully saturated rings. The number of rotatable bonds is 7. The molecule has 0 aromatic heterocycles. The molecule has 3 rings (SSSR count). The Morgan fingerprint density at radius 2 is 1.46 bits per heavy atom. The largest absolute Gasteiger partial charge is 0.333 e. The monoisotopic (exact) mass is 391 g/mol. The fourth-order valence-electron chi connectivity index (χ4n) is 2.99. The van der Waals surface area contributed by atoms with Crippen LogP contribution in [0.1, 0.15) is 34.0 Å². The van der Waals surface area contributed by atoms with Gasteiger partial charge in [0.05, 0.1) is 5.75 Å². The zero-order valence-corrected chi connectivity index (χ0v) is 17.8. The number of allylic oxidation sites excluding steroid dienone is 1. The molecule has 28 heavy (non-hydrogen) atoms. The van der Waals surface area contributed by atoms with E-state index in [1.54, 1.807) is 0 Å². The quantitative estimate of drug-likeness (QED) is 0.506. The molecule has 0 spiro atoms. The van der Waals surface area contributed by atoms with Gasteiger partial charge in [-0.3, -0.25) is 4.79 Å². The van der Waals surface area contributed by atoms with E-state index in [1.165, 1.54) is 46.3 Å². The first-order valence-corrected chi connectivity index (χ1v) is 10.5. The number of thioether (sulfide) groups is 1. The highest BCUT2D eigenvalue weighted by atomic mass is 32.2. The van der Waals surface area contributed by atoms with Crippen LogP contribution in [-0.4, -0.2) is 18.6 Å². The van der Waals surface area contributed by atoms with Gasteiger partial charge in [0, 0.05) is 5.56 Å². The van der Waals surface area contributed by atoms with Gasteiger partial charge in [-0.25, -0.2) is 0 Å². The molecule has 0 amide bonds. The second-order valence-corrected chi connectivity index (χ2v) is 8.07. The van der Waals surface area contributed by atoms with Crippen LogP contribution in [0.4, 0.5) is 0 Å². The average molecular weight is 392 g/mol. The summed E-state index contributed by atoms with van der Waals surface area (Å²) in [4.78, 5) is 13.1. The van der Waals surface area contributed by atoms with Gasteiger partial charge in [-0.2, -0.15) is 0 Å². The number of aryl methyl sites for hydroxylation is 3. The summed E-state index contributed by atoms with van der Waals surface area (Å²) in [5.74, 6) is 0.625. The molecular weight excluding hydrogens is 362 g/mol. The summed E-state index contributed by atoms with van der Waals surface area (Å²) in [6.07, 6.45) is 1.98. The molecule has 0 aliphatic rings. The van der Waals surface area contributed by atoms with Crippen LogP contribution < -0.4 is 5.73 Å². The van der Waals surface area contributed by atoms with Crippen LogP contribution in [0.2, 0.25) is 0 Å². The number of carbonyl (C=O) groups excluding carboxylic acids is 1. The lowest BCUT2D eigenvalue weighted by Crippen LogP contribution is -2.02. The predicted molar refractivity (Wildman–Crippen MR) is 124 cm³/mol. The van der Waals surface area contributed by atoms with Crippen LogP contribution in [0, 0.1) is 6.92 Å². The number of fused-ring (bicyclic) bond motifs is 1. The minimum absolute atomic E-state index is 0.161. The first kappa shape index (κ1) is 21.9. The first-order valence-electron chi connectivity index (χ1n) is 9.49. The first-order chi connectivity index (χ1) is 13.5. The molecular formula is C25H29NOS. The molecule has 0 saturated carbocycles. The van der Waals surface area contributed by atoms with Crippen LogP contribution in [0.3, 0.4) is 0 Å². The average Bonchev–Trinajstić information content (AvgIpc) is 2.72. The summed E-state index contributed by atoms with van der Waals surface area (Å²) < 4.78 is 0. The van der Waals surface area contributed by atoms with E-state index in [0.717, 1.165) is 23.3 Å². The van der Waals surface area contributed by atoms with Crippen molar-refractivity contribution in [3.8, 4) is 0 Å². The molecule has 3 aromatic carbocycles. The van der Waals surface area contributed by atoms with Gasteiger partial charge in [0.2, 0.25) is 0 Å². The number of carbonyl (C=O) groups is 1. The lowest BCUT2D eigenvalue weighted by Gasteiger charge is -2.06. The molecule has 0 radical (unpaired) electrons. The molecule has 0 unspecified atom stereocenters. The minimum atomic E-state index is 0.161. The smallest absolute Gasteiger partial charge is 0.173 e. The van der Waals surface area contributed by atoms with Gasteiger partial charge in [-0.15, -0.1) is 11.8 Å². The van der Waals surface area contributed by atoms with Gasteiger partial charge in [0.1, 0.15) is 0 Å². The van der Waals surface area contributed by atoms with Crippen molar-refractivity contribution in [3.63, 3.8) is 0 Å². The van der Waals surface area contributed by atoms with Crippen molar-refractivity contribution in [1.82, 2.24) is 0 Å². The fraction of sp³-hybridized carbons (Fsp3) is 0.240. The van der Waals surface area contributed by atoms with Crippen LogP contribution in [0.25, 0.3) is 10.8 Å². The summed E-state index contributed by atoms with van der Waals surface area (Å²) >= 11 is 1.50. The highest BCUT2D eigenvalue weighted by molar-refractivity contribution is 8.03. The Bertz CT molecular complexity index is 944. The number of ketones is 1. The van der Waals surface area contributed by atoms with Gasteiger partial charge >= 0.3 is 0 Å². The zero-order valence-electron chi connectivity index (χ0n) is 17.0. The second-order valence-electron chi connectivity index (χ2n) is 6.80. The molecule has 0 aliphatic heterocycles. The Morgan fingerprint density at radius 1 is 0.893 bits per heavy atom. The van der Waals surface area contributed by atoms with E-state index in [2.05, 4.69) is 67.8 Å². The van der Waals surface area contributed by atoms with Crippen LogP contribution >= 0.6 is 11.8 Å². The van der Waals surface area contributed by atoms with E-state index < -0.39 is 0 Å². The van der Waals surface area contributed by atoms with Crippen molar-refractivity contribution >= 4 is 28.3 Å². The maximum atomic E-state index is 12.1. The maximum Gasteiger partial charge on any atom is 0.173 e. The van der Waals surface area contributed by atoms with Crippen LogP contribution in [0.15, 0.2) is 72.1 Å². The summed E-state index contributed by atoms with van der Waals surface area (Å²) in [5, 5.41) is 2.59. The fourth-order valence-corrected chi connectivity index (χ4v) is 3.53. The lowest BCUT2D eigenvalue weighted by molar-refractivity contribution is 0.102. The number of hydrogen-bond donors (Lipinski definition) is 1. The van der Waals surface area contributed by atoms with E-state index in [-0.39, 0.29) is 5.78 Å². The standard InChI is InChI=1S/C24H24OS.CH5N/c1-17(2)26-16-24(25)21-11-7-19(8-12-21)5-6-20-9-13-22-14-18(3)4-10-23(22)15-20;1-2/h4,7-15H,1,5-6,16H2,2-3H3;2H2,1H3. The van der Waals surface area contributed by atoms with Crippen molar-refractivity contribution in [1.29, 1.82) is 0 Å². The third-order valence-electron chi connectivity index (χ3n) is 4.49. The van der Waals surface area contributed by atoms with E-state index >= 15 is 0 Å². The Morgan fingerprint density at radius 3 is 2.14 bits per heavy atom. The number of Topliss-reactive ketones (excluding diaryl/α,β-unsaturated/α-hetero) is 1. The normalized spacial score (nSPS) is 10.3. The molecule has 0 aliphatic carbocycles. The molecule has 0 bridgehead atoms. The van der Waals surface area contributed by atoms with Crippen molar-refractivity contribution < 1.29 is 4.79 Å². The minimum Gasteiger partial charge on any atom is -0.333 e. The summed E-state index contributed by atoms with van der Waals surface area (Å²) in [5.41, 5.74) is 9.18. The number of nitrogens with two attached hydrogens (primary N) is 1. The van der Waals surface area contributed by atoms with Crippen molar-refractivity contribution in [2.24, 2.45) is 5.73 Å². The highest BCUT2D eigenvalue weighted by Crippen LogP contribution is 2.19. The van der Waals surface area contributed by atoms with Crippen LogP contribution in [0.5, 0.6) is 0 Å². The van der Waals surface area contributed by atoms with E-state index in [9.17, 15) is 4.79 Å². The Labute approximate surface area is 172 Å². The Kier molecular flexibility index (Phi) is 8.49. The summed E-state index contributed by atoms with van der Waals surface area (Å²) in [6.45, 7) is 7.87. The van der Waals surface area contributed by atoms with Crippen molar-refractivity contribution in [2.75, 3.05) is 12.8 Å². The third-order valence-corrected chi connectivity index (χ3v) is 5.39. The maximum absolute atomic E-state index is 12.1. The molecule has 0 saturated heterocycles. The molecule has 0 heterocycles. The molecule has 3 heteroatoms. The summed E-state index contributed by atoms with van der Waals surface area (Å²) in [6, 6.07) is 21.3. The third kappa shape index (κ3) is 6.36. The SMILES string of the molecule is C=C(C)SCC(=O)c1ccc(CCc2ccc3cc(C)ccc3c2)cc1.CN. The van der Waals surface area contributed by atoms with Gasteiger partial charge in [-0.05, 0) is 60.5 Å². The van der Waals surface area contributed by atoms with Crippen LogP contribution in [-0.2, 0) is 12.8 Å². The van der Waals surface area contributed by atoms with Gasteiger partial charge in [0.25, 0.3) is 0 Å². The van der Waals surface area contributed by atoms with E-state index in [0.29, 0.717) is 5.75 Å². The number of hydrogen-bond acceptors (Lipinski definition) is 3. The molecule has 3 aromatic rings. The molecule has 146 valence electrons. The predicted octanol–water partition coefficient (Wildman–Crippen LogP) is 5.96. The molecule has 2 nitrogen and oxygen atoms in total. The van der Waals surface area contributed by atoms with E-state index in [1.807, 2.05) is 19.1 Å². The topological polar surface area (TPSA) is 43.1 Å². The second kappa shape index (κ2) is 10.8. The Balaban J connectivity index is 0.00000136. The van der Waals surface area contributed by atoms with Gasteiger partial charge in [-0.1, -0.05) is 72.8 Å². The summed E-state index contributed by atoms with van der Waals surface area (Å²) in [7, 11) is 1.50. The lowest BCUT2D eigenvalue weighted by atomic mass is 9.99. The highest BCUT2D eigenvalue weighted by Gasteiger charge is 2.06. The molecule has 0 atom stereocenters. The zero-order chi connectivity index (χ0) is 20.5. The van der Waals surface area contributed by atoms with Gasteiger partial charge in [0.15, 0.2) is 5.78 Å². The van der Waals surface area contributed by atoms with Crippen molar-refractivity contribution in [3.05, 3.63) is 94.4 Å². The van der Waals surface area contributed by atoms with Gasteiger partial charge < -0.3 is 5.73 Å². The molecule has 2 N–H and O–H groups in total. The Hall–Kier alpha value is -2.36. The van der Waals surface area contributed by atoms with E-state index in [4.69, 9.17) is 0 Å².